The van der Waals surface area contributed by atoms with Crippen molar-refractivity contribution in [3.8, 4) is 0 Å². The number of aromatic nitrogens is 1. The number of thiazole rings is 1. The average Bonchev–Trinajstić information content (AvgIpc) is 2.72. The molecule has 0 fully saturated rings. The van der Waals surface area contributed by atoms with Crippen LogP contribution in [0.4, 0.5) is 5.69 Å². The second-order valence-corrected chi connectivity index (χ2v) is 6.07. The minimum atomic E-state index is -0.0566. The molecule has 0 saturated heterocycles. The van der Waals surface area contributed by atoms with Crippen LogP contribution in [-0.2, 0) is 4.79 Å². The van der Waals surface area contributed by atoms with Crippen LogP contribution in [0.25, 0.3) is 10.2 Å². The maximum absolute atomic E-state index is 11.7. The van der Waals surface area contributed by atoms with Crippen molar-refractivity contribution in [2.75, 3.05) is 11.9 Å². The summed E-state index contributed by atoms with van der Waals surface area (Å²) < 4.78 is 1.08. The molecule has 0 atom stereocenters. The minimum absolute atomic E-state index is 0.0335. The van der Waals surface area contributed by atoms with Gasteiger partial charge in [0.1, 0.15) is 0 Å². The number of carbonyl (C=O) groups excluding carboxylic acids is 1. The molecule has 1 heterocycles. The largest absolute Gasteiger partial charge is 0.325 e. The Labute approximate surface area is 110 Å². The van der Waals surface area contributed by atoms with Crippen molar-refractivity contribution in [1.82, 2.24) is 10.3 Å². The molecule has 0 radical (unpaired) electrons. The fourth-order valence-corrected chi connectivity index (χ4v) is 2.20. The van der Waals surface area contributed by atoms with Gasteiger partial charge in [-0.1, -0.05) is 0 Å². The molecule has 0 aliphatic rings. The van der Waals surface area contributed by atoms with E-state index in [1.54, 1.807) is 16.8 Å². The van der Waals surface area contributed by atoms with Gasteiger partial charge in [-0.05, 0) is 39.0 Å². The van der Waals surface area contributed by atoms with E-state index in [4.69, 9.17) is 0 Å². The number of nitrogens with zero attached hydrogens (tertiary/aromatic N) is 1. The van der Waals surface area contributed by atoms with E-state index in [-0.39, 0.29) is 11.4 Å². The van der Waals surface area contributed by atoms with Crippen LogP contribution in [0.3, 0.4) is 0 Å². The number of nitrogens with one attached hydrogen (secondary N) is 2. The molecule has 0 aliphatic carbocycles. The third-order valence-electron chi connectivity index (χ3n) is 2.39. The van der Waals surface area contributed by atoms with Crippen molar-refractivity contribution in [2.24, 2.45) is 0 Å². The molecule has 0 aliphatic heterocycles. The van der Waals surface area contributed by atoms with E-state index < -0.39 is 0 Å². The lowest BCUT2D eigenvalue weighted by Crippen LogP contribution is -2.41. The van der Waals surface area contributed by atoms with Gasteiger partial charge in [0.2, 0.25) is 5.91 Å². The average molecular weight is 263 g/mol. The summed E-state index contributed by atoms with van der Waals surface area (Å²) in [6.07, 6.45) is 0. The Morgan fingerprint density at radius 1 is 1.39 bits per heavy atom. The van der Waals surface area contributed by atoms with Crippen molar-refractivity contribution in [3.63, 3.8) is 0 Å². The normalized spacial score (nSPS) is 11.7. The van der Waals surface area contributed by atoms with Gasteiger partial charge in [-0.3, -0.25) is 4.79 Å². The molecule has 2 N–H and O–H groups in total. The van der Waals surface area contributed by atoms with E-state index in [0.717, 1.165) is 15.9 Å². The number of hydrogen-bond acceptors (Lipinski definition) is 4. The SMILES string of the molecule is CC(C)(C)NCC(=O)Nc1ccc2ncsc2c1. The maximum Gasteiger partial charge on any atom is 0.238 e. The molecule has 0 saturated carbocycles. The second-order valence-electron chi connectivity index (χ2n) is 5.19. The van der Waals surface area contributed by atoms with E-state index in [9.17, 15) is 4.79 Å². The van der Waals surface area contributed by atoms with Crippen molar-refractivity contribution in [3.05, 3.63) is 23.7 Å². The van der Waals surface area contributed by atoms with Crippen molar-refractivity contribution in [1.29, 1.82) is 0 Å². The van der Waals surface area contributed by atoms with Gasteiger partial charge in [0.15, 0.2) is 0 Å². The van der Waals surface area contributed by atoms with Gasteiger partial charge in [-0.2, -0.15) is 0 Å². The first-order valence-electron chi connectivity index (χ1n) is 5.82. The third-order valence-corrected chi connectivity index (χ3v) is 3.19. The summed E-state index contributed by atoms with van der Waals surface area (Å²) in [6.45, 7) is 6.40. The summed E-state index contributed by atoms with van der Waals surface area (Å²) in [5, 5.41) is 6.03. The Bertz CT molecular complexity index is 557. The molecule has 5 heteroatoms. The Morgan fingerprint density at radius 3 is 2.89 bits per heavy atom. The van der Waals surface area contributed by atoms with Crippen molar-refractivity contribution < 1.29 is 4.79 Å². The number of anilines is 1. The summed E-state index contributed by atoms with van der Waals surface area (Å²) in [5.74, 6) is -0.0335. The summed E-state index contributed by atoms with van der Waals surface area (Å²) in [4.78, 5) is 15.9. The predicted octanol–water partition coefficient (Wildman–Crippen LogP) is 2.62. The molecule has 0 unspecified atom stereocenters. The molecule has 96 valence electrons. The molecule has 2 aromatic rings. The lowest BCUT2D eigenvalue weighted by atomic mass is 10.1. The second kappa shape index (κ2) is 5.04. The van der Waals surface area contributed by atoms with Crippen molar-refractivity contribution in [2.45, 2.75) is 26.3 Å². The molecule has 2 rings (SSSR count). The third kappa shape index (κ3) is 3.51. The molecule has 1 amide bonds. The van der Waals surface area contributed by atoms with E-state index in [1.165, 1.54) is 0 Å². The van der Waals surface area contributed by atoms with Crippen molar-refractivity contribution >= 4 is 33.1 Å². The van der Waals surface area contributed by atoms with Gasteiger partial charge < -0.3 is 10.6 Å². The van der Waals surface area contributed by atoms with Gasteiger partial charge in [-0.15, -0.1) is 11.3 Å². The Kier molecular flexibility index (Phi) is 3.63. The zero-order valence-electron chi connectivity index (χ0n) is 10.8. The van der Waals surface area contributed by atoms with Gasteiger partial charge in [0, 0.05) is 11.2 Å². The molecule has 0 bridgehead atoms. The van der Waals surface area contributed by atoms with E-state index >= 15 is 0 Å². The summed E-state index contributed by atoms with van der Waals surface area (Å²) in [6, 6.07) is 5.73. The highest BCUT2D eigenvalue weighted by Gasteiger charge is 2.11. The van der Waals surface area contributed by atoms with Crippen LogP contribution in [0.1, 0.15) is 20.8 Å². The van der Waals surface area contributed by atoms with Crippen LogP contribution < -0.4 is 10.6 Å². The maximum atomic E-state index is 11.7. The zero-order chi connectivity index (χ0) is 13.2. The summed E-state index contributed by atoms with van der Waals surface area (Å²) >= 11 is 1.57. The molecule has 0 spiro atoms. The lowest BCUT2D eigenvalue weighted by Gasteiger charge is -2.20. The summed E-state index contributed by atoms with van der Waals surface area (Å²) in [7, 11) is 0. The quantitative estimate of drug-likeness (QED) is 0.895. The highest BCUT2D eigenvalue weighted by Crippen LogP contribution is 2.21. The molecule has 18 heavy (non-hydrogen) atoms. The first kappa shape index (κ1) is 13.0. The molecule has 4 nitrogen and oxygen atoms in total. The van der Waals surface area contributed by atoms with Gasteiger partial charge in [0.25, 0.3) is 0 Å². The van der Waals surface area contributed by atoms with Crippen LogP contribution in [0, 0.1) is 0 Å². The first-order valence-corrected chi connectivity index (χ1v) is 6.70. The highest BCUT2D eigenvalue weighted by molar-refractivity contribution is 7.16. The standard InChI is InChI=1S/C13H17N3OS/c1-13(2,3)15-7-12(17)16-9-4-5-10-11(6-9)18-8-14-10/h4-6,8,15H,7H2,1-3H3,(H,16,17). The fourth-order valence-electron chi connectivity index (χ4n) is 1.48. The monoisotopic (exact) mass is 263 g/mol. The van der Waals surface area contributed by atoms with E-state index in [0.29, 0.717) is 6.54 Å². The smallest absolute Gasteiger partial charge is 0.238 e. The molecule has 1 aromatic heterocycles. The van der Waals surface area contributed by atoms with Crippen LogP contribution in [0.5, 0.6) is 0 Å². The topological polar surface area (TPSA) is 54.0 Å². The van der Waals surface area contributed by atoms with Crippen LogP contribution >= 0.6 is 11.3 Å². The number of hydrogen-bond donors (Lipinski definition) is 2. The first-order chi connectivity index (χ1) is 8.44. The number of benzene rings is 1. The summed E-state index contributed by atoms with van der Waals surface area (Å²) in [5.41, 5.74) is 3.52. The van der Waals surface area contributed by atoms with Gasteiger partial charge in [-0.25, -0.2) is 4.98 Å². The number of carbonyl (C=O) groups is 1. The number of fused-ring (bicyclic) bond motifs is 1. The van der Waals surface area contributed by atoms with Crippen LogP contribution in [0.15, 0.2) is 23.7 Å². The number of amides is 1. The number of rotatable bonds is 3. The van der Waals surface area contributed by atoms with E-state index in [2.05, 4.69) is 15.6 Å². The highest BCUT2D eigenvalue weighted by atomic mass is 32.1. The minimum Gasteiger partial charge on any atom is -0.325 e. The molecular weight excluding hydrogens is 246 g/mol. The van der Waals surface area contributed by atoms with E-state index in [1.807, 2.05) is 39.0 Å². The Balaban J connectivity index is 1.98. The molecule has 1 aromatic carbocycles. The van der Waals surface area contributed by atoms with Crippen LogP contribution in [-0.4, -0.2) is 23.0 Å². The fraction of sp³-hybridized carbons (Fsp3) is 0.385. The molecular formula is C13H17N3OS. The Morgan fingerprint density at radius 2 is 2.17 bits per heavy atom. The Hall–Kier alpha value is -1.46. The van der Waals surface area contributed by atoms with Gasteiger partial charge >= 0.3 is 0 Å². The van der Waals surface area contributed by atoms with Gasteiger partial charge in [0.05, 0.1) is 22.3 Å². The predicted molar refractivity (Wildman–Crippen MR) is 76.0 cm³/mol. The zero-order valence-corrected chi connectivity index (χ0v) is 11.6. The van der Waals surface area contributed by atoms with Crippen LogP contribution in [0.2, 0.25) is 0 Å². The lowest BCUT2D eigenvalue weighted by molar-refractivity contribution is -0.115.